The molecule has 0 fully saturated rings. The summed E-state index contributed by atoms with van der Waals surface area (Å²) in [5, 5.41) is 0. The lowest BCUT2D eigenvalue weighted by Crippen LogP contribution is -2.15. The van der Waals surface area contributed by atoms with Gasteiger partial charge in [-0.25, -0.2) is 4.79 Å². The molecule has 23 heavy (non-hydrogen) atoms. The highest BCUT2D eigenvalue weighted by Gasteiger charge is 2.14. The van der Waals surface area contributed by atoms with Crippen LogP contribution in [-0.4, -0.2) is 17.4 Å². The molecule has 1 aliphatic heterocycles. The lowest BCUT2D eigenvalue weighted by Gasteiger charge is -2.12. The molecular formula is C20H29BrO2. The van der Waals surface area contributed by atoms with Crippen molar-refractivity contribution in [3.05, 3.63) is 35.4 Å². The molecule has 1 atom stereocenters. The maximum atomic E-state index is 12.4. The average Bonchev–Trinajstić information content (AvgIpc) is 2.57. The first kappa shape index (κ1) is 18.5. The van der Waals surface area contributed by atoms with Gasteiger partial charge in [0.05, 0.1) is 5.56 Å². The van der Waals surface area contributed by atoms with Crippen LogP contribution in [0, 0.1) is 0 Å². The van der Waals surface area contributed by atoms with E-state index in [0.717, 1.165) is 30.4 Å². The molecule has 2 nitrogen and oxygen atoms in total. The van der Waals surface area contributed by atoms with Crippen LogP contribution < -0.4 is 0 Å². The van der Waals surface area contributed by atoms with Gasteiger partial charge in [0.15, 0.2) is 0 Å². The first-order valence-electron chi connectivity index (χ1n) is 9.16. The number of cyclic esters (lactones) is 1. The number of ether oxygens (including phenoxy) is 1. The molecule has 0 spiro atoms. The topological polar surface area (TPSA) is 26.3 Å². The number of hydrogen-bond acceptors (Lipinski definition) is 2. The molecule has 1 aromatic rings. The van der Waals surface area contributed by atoms with E-state index < -0.39 is 0 Å². The lowest BCUT2D eigenvalue weighted by molar-refractivity contribution is 0.0504. The van der Waals surface area contributed by atoms with Gasteiger partial charge in [-0.15, -0.1) is 0 Å². The minimum atomic E-state index is -0.172. The third-order valence-electron chi connectivity index (χ3n) is 4.60. The van der Waals surface area contributed by atoms with Gasteiger partial charge >= 0.3 is 5.97 Å². The SMILES string of the molecule is O=C1OCC(Br)CCCCCCCCCCCc2ccccc21. The summed E-state index contributed by atoms with van der Waals surface area (Å²) in [5.74, 6) is -0.172. The molecule has 0 bridgehead atoms. The van der Waals surface area contributed by atoms with Crippen molar-refractivity contribution in [3.63, 3.8) is 0 Å². The van der Waals surface area contributed by atoms with E-state index in [1.807, 2.05) is 18.2 Å². The monoisotopic (exact) mass is 380 g/mol. The zero-order valence-electron chi connectivity index (χ0n) is 14.1. The van der Waals surface area contributed by atoms with Gasteiger partial charge in [-0.2, -0.15) is 0 Å². The number of carbonyl (C=O) groups excluding carboxylic acids is 1. The Labute approximate surface area is 149 Å². The van der Waals surface area contributed by atoms with Crippen molar-refractivity contribution in [3.8, 4) is 0 Å². The average molecular weight is 381 g/mol. The van der Waals surface area contributed by atoms with Gasteiger partial charge < -0.3 is 4.74 Å². The lowest BCUT2D eigenvalue weighted by atomic mass is 10.00. The number of aryl methyl sites for hydroxylation is 1. The molecule has 1 aliphatic rings. The molecule has 0 saturated heterocycles. The van der Waals surface area contributed by atoms with Crippen LogP contribution in [-0.2, 0) is 11.2 Å². The molecule has 0 radical (unpaired) electrons. The summed E-state index contributed by atoms with van der Waals surface area (Å²) in [4.78, 5) is 12.6. The van der Waals surface area contributed by atoms with Crippen molar-refractivity contribution >= 4 is 21.9 Å². The van der Waals surface area contributed by atoms with E-state index >= 15 is 0 Å². The summed E-state index contributed by atoms with van der Waals surface area (Å²) < 4.78 is 5.52. The molecule has 128 valence electrons. The van der Waals surface area contributed by atoms with E-state index in [1.54, 1.807) is 0 Å². The number of hydrogen-bond donors (Lipinski definition) is 0. The van der Waals surface area contributed by atoms with Crippen LogP contribution in [0.2, 0.25) is 0 Å². The van der Waals surface area contributed by atoms with Gasteiger partial charge in [-0.1, -0.05) is 85.5 Å². The Morgan fingerprint density at radius 1 is 0.870 bits per heavy atom. The molecule has 0 aromatic heterocycles. The molecule has 0 amide bonds. The van der Waals surface area contributed by atoms with Gasteiger partial charge in [0.2, 0.25) is 0 Å². The first-order chi connectivity index (χ1) is 11.3. The summed E-state index contributed by atoms with van der Waals surface area (Å²) in [5.41, 5.74) is 1.88. The van der Waals surface area contributed by atoms with Crippen molar-refractivity contribution < 1.29 is 9.53 Å². The first-order valence-corrected chi connectivity index (χ1v) is 10.1. The van der Waals surface area contributed by atoms with E-state index in [4.69, 9.17) is 4.74 Å². The smallest absolute Gasteiger partial charge is 0.338 e. The minimum Gasteiger partial charge on any atom is -0.461 e. The molecule has 0 N–H and O–H groups in total. The van der Waals surface area contributed by atoms with Crippen molar-refractivity contribution in [2.75, 3.05) is 6.61 Å². The Morgan fingerprint density at radius 2 is 1.48 bits per heavy atom. The second-order valence-electron chi connectivity index (χ2n) is 6.57. The van der Waals surface area contributed by atoms with Crippen LogP contribution in [0.25, 0.3) is 0 Å². The molecule has 2 rings (SSSR count). The van der Waals surface area contributed by atoms with Crippen LogP contribution in [0.1, 0.15) is 80.1 Å². The Hall–Kier alpha value is -0.830. The fourth-order valence-electron chi connectivity index (χ4n) is 3.18. The predicted molar refractivity (Wildman–Crippen MR) is 99.3 cm³/mol. The number of fused-ring (bicyclic) bond motifs is 1. The molecule has 0 aliphatic carbocycles. The van der Waals surface area contributed by atoms with Crippen molar-refractivity contribution in [1.29, 1.82) is 0 Å². The highest BCUT2D eigenvalue weighted by atomic mass is 79.9. The van der Waals surface area contributed by atoms with E-state index in [9.17, 15) is 4.79 Å². The van der Waals surface area contributed by atoms with E-state index in [0.29, 0.717) is 6.61 Å². The molecular weight excluding hydrogens is 352 g/mol. The summed E-state index contributed by atoms with van der Waals surface area (Å²) in [6.45, 7) is 0.465. The third kappa shape index (κ3) is 7.07. The number of rotatable bonds is 0. The van der Waals surface area contributed by atoms with Crippen molar-refractivity contribution in [2.24, 2.45) is 0 Å². The maximum absolute atomic E-state index is 12.4. The number of halogens is 1. The quantitative estimate of drug-likeness (QED) is 0.403. The molecule has 1 heterocycles. The zero-order chi connectivity index (χ0) is 16.3. The third-order valence-corrected chi connectivity index (χ3v) is 5.32. The maximum Gasteiger partial charge on any atom is 0.338 e. The Kier molecular flexibility index (Phi) is 8.73. The number of carbonyl (C=O) groups is 1. The van der Waals surface area contributed by atoms with Gasteiger partial charge in [0, 0.05) is 4.83 Å². The van der Waals surface area contributed by atoms with Gasteiger partial charge in [-0.3, -0.25) is 0 Å². The Morgan fingerprint density at radius 3 is 2.22 bits per heavy atom. The van der Waals surface area contributed by atoms with E-state index in [2.05, 4.69) is 22.0 Å². The highest BCUT2D eigenvalue weighted by molar-refractivity contribution is 9.09. The van der Waals surface area contributed by atoms with Crippen LogP contribution in [0.3, 0.4) is 0 Å². The second kappa shape index (κ2) is 10.9. The van der Waals surface area contributed by atoms with Gasteiger partial charge in [0.25, 0.3) is 0 Å². The van der Waals surface area contributed by atoms with E-state index in [-0.39, 0.29) is 10.8 Å². The van der Waals surface area contributed by atoms with Crippen LogP contribution in [0.5, 0.6) is 0 Å². The van der Waals surface area contributed by atoms with Crippen LogP contribution in [0.15, 0.2) is 24.3 Å². The fourth-order valence-corrected chi connectivity index (χ4v) is 3.64. The fraction of sp³-hybridized carbons (Fsp3) is 0.650. The normalized spacial score (nSPS) is 22.7. The zero-order valence-corrected chi connectivity index (χ0v) is 15.7. The van der Waals surface area contributed by atoms with Gasteiger partial charge in [0.1, 0.15) is 6.61 Å². The van der Waals surface area contributed by atoms with Crippen LogP contribution >= 0.6 is 15.9 Å². The van der Waals surface area contributed by atoms with Crippen molar-refractivity contribution in [2.45, 2.75) is 75.5 Å². The molecule has 0 saturated carbocycles. The Bertz CT molecular complexity index is 472. The second-order valence-corrected chi connectivity index (χ2v) is 7.87. The van der Waals surface area contributed by atoms with Crippen LogP contribution in [0.4, 0.5) is 0 Å². The molecule has 1 aromatic carbocycles. The highest BCUT2D eigenvalue weighted by Crippen LogP contribution is 2.18. The van der Waals surface area contributed by atoms with Crippen molar-refractivity contribution in [1.82, 2.24) is 0 Å². The number of benzene rings is 1. The molecule has 1 unspecified atom stereocenters. The van der Waals surface area contributed by atoms with Gasteiger partial charge in [-0.05, 0) is 30.9 Å². The van der Waals surface area contributed by atoms with E-state index in [1.165, 1.54) is 51.4 Å². The summed E-state index contributed by atoms with van der Waals surface area (Å²) >= 11 is 3.64. The number of esters is 1. The predicted octanol–water partition coefficient (Wildman–Crippen LogP) is 6.06. The summed E-state index contributed by atoms with van der Waals surface area (Å²) in [6, 6.07) is 7.90. The largest absolute Gasteiger partial charge is 0.461 e. The summed E-state index contributed by atoms with van der Waals surface area (Å²) in [6.07, 6.45) is 13.7. The Balaban J connectivity index is 1.96. The summed E-state index contributed by atoms with van der Waals surface area (Å²) in [7, 11) is 0. The number of alkyl halides is 1. The standard InChI is InChI=1S/C20H29BrO2/c21-18-14-9-7-5-3-1-2-4-6-8-12-17-13-10-11-15-19(17)20(22)23-16-18/h10-11,13,15,18H,1-9,12,14,16H2. The minimum absolute atomic E-state index is 0.172. The molecule has 3 heteroatoms.